The van der Waals surface area contributed by atoms with Crippen molar-refractivity contribution in [1.82, 2.24) is 9.80 Å². The van der Waals surface area contributed by atoms with Gasteiger partial charge in [0, 0.05) is 24.8 Å². The van der Waals surface area contributed by atoms with Gasteiger partial charge in [-0.25, -0.2) is 4.79 Å². The minimum absolute atomic E-state index is 0.105. The fourth-order valence-corrected chi connectivity index (χ4v) is 6.65. The second-order valence-electron chi connectivity index (χ2n) is 10.7. The van der Waals surface area contributed by atoms with E-state index >= 15 is 0 Å². The number of fused-ring (bicyclic) bond motifs is 1. The lowest BCUT2D eigenvalue weighted by molar-refractivity contribution is -0.394. The van der Waals surface area contributed by atoms with Gasteiger partial charge in [0.2, 0.25) is 0 Å². The molecule has 0 bridgehead atoms. The van der Waals surface area contributed by atoms with Crippen molar-refractivity contribution < 1.29 is 29.2 Å². The highest BCUT2D eigenvalue weighted by Gasteiger charge is 2.43. The first kappa shape index (κ1) is 22.0. The fourth-order valence-electron chi connectivity index (χ4n) is 6.65. The Balaban J connectivity index is 1.12. The summed E-state index contributed by atoms with van der Waals surface area (Å²) in [5.41, 5.74) is 1.99. The zero-order valence-electron chi connectivity index (χ0n) is 19.6. The Hall–Kier alpha value is -2.45. The molecule has 4 heterocycles. The van der Waals surface area contributed by atoms with Gasteiger partial charge in [0.05, 0.1) is 13.0 Å². The topological polar surface area (TPSA) is 93.3 Å². The molecule has 1 unspecified atom stereocenters. The number of aliphatic hydroxyl groups excluding tert-OH is 1. The Bertz CT molecular complexity index is 1010. The second kappa shape index (κ2) is 8.64. The summed E-state index contributed by atoms with van der Waals surface area (Å²) >= 11 is 0. The van der Waals surface area contributed by atoms with Crippen LogP contribution < -0.4 is 9.73 Å². The molecule has 0 radical (unpaired) electrons. The monoisotopic (exact) mass is 468 g/mol. The van der Waals surface area contributed by atoms with Crippen molar-refractivity contribution >= 4 is 17.7 Å². The number of nitrogens with zero attached hydrogens (tertiary/aromatic N) is 2. The highest BCUT2D eigenvalue weighted by molar-refractivity contribution is 6.01. The number of amides is 2. The fraction of sp³-hybridized carbons (Fsp3) is 0.654. The average molecular weight is 469 g/mol. The number of nitrogens with one attached hydrogen (secondary N) is 1. The molecule has 5 aliphatic rings. The van der Waals surface area contributed by atoms with E-state index in [0.29, 0.717) is 36.4 Å². The van der Waals surface area contributed by atoms with Crippen molar-refractivity contribution in [3.63, 3.8) is 0 Å². The number of likely N-dealkylation sites (tertiary alicyclic amines) is 1. The second-order valence-corrected chi connectivity index (χ2v) is 10.7. The van der Waals surface area contributed by atoms with Gasteiger partial charge in [-0.05, 0) is 87.2 Å². The van der Waals surface area contributed by atoms with E-state index < -0.39 is 6.04 Å². The van der Waals surface area contributed by atoms with E-state index in [9.17, 15) is 14.7 Å². The van der Waals surface area contributed by atoms with Crippen molar-refractivity contribution in [2.45, 2.75) is 76.1 Å². The first-order valence-corrected chi connectivity index (χ1v) is 12.8. The van der Waals surface area contributed by atoms with Crippen LogP contribution in [0.4, 0.5) is 0 Å². The Morgan fingerprint density at radius 3 is 2.74 bits per heavy atom. The largest absolute Gasteiger partial charge is 0.489 e. The van der Waals surface area contributed by atoms with E-state index in [-0.39, 0.29) is 23.8 Å². The highest BCUT2D eigenvalue weighted by atomic mass is 16.5. The van der Waals surface area contributed by atoms with Crippen molar-refractivity contribution in [3.05, 3.63) is 29.3 Å². The van der Waals surface area contributed by atoms with Crippen LogP contribution in [-0.4, -0.2) is 77.1 Å². The summed E-state index contributed by atoms with van der Waals surface area (Å²) < 4.78 is 12.2. The van der Waals surface area contributed by atoms with Crippen molar-refractivity contribution in [2.75, 3.05) is 26.3 Å². The van der Waals surface area contributed by atoms with Crippen LogP contribution in [-0.2, 0) is 16.1 Å². The molecule has 0 aromatic heterocycles. The van der Waals surface area contributed by atoms with Crippen LogP contribution >= 0.6 is 0 Å². The molecule has 1 aliphatic carbocycles. The number of piperidine rings is 1. The van der Waals surface area contributed by atoms with Crippen LogP contribution in [0.1, 0.15) is 67.3 Å². The van der Waals surface area contributed by atoms with Crippen molar-refractivity contribution in [3.8, 4) is 5.75 Å². The SMILES string of the molecule is O=C1CCC(N2Cc3cc(O[C@H]4CCC[C@H]4N4CCC5(CCOC5)CC4)ccc3C2=O)C(O)=[NH+]1. The predicted octanol–water partition coefficient (Wildman–Crippen LogP) is 1.17. The van der Waals surface area contributed by atoms with E-state index in [0.717, 1.165) is 44.0 Å². The molecule has 2 N–H and O–H groups in total. The van der Waals surface area contributed by atoms with Crippen LogP contribution in [0.15, 0.2) is 18.2 Å². The summed E-state index contributed by atoms with van der Waals surface area (Å²) in [5, 5.41) is 10.2. The number of rotatable bonds is 4. The van der Waals surface area contributed by atoms with Crippen LogP contribution in [0, 0.1) is 5.41 Å². The summed E-state index contributed by atoms with van der Waals surface area (Å²) in [4.78, 5) is 31.3. The third-order valence-electron chi connectivity index (χ3n) is 8.73. The van der Waals surface area contributed by atoms with Crippen LogP contribution in [0.2, 0.25) is 0 Å². The Labute approximate surface area is 199 Å². The standard InChI is InChI=1S/C26H33N3O5/c30-23-7-6-21(24(31)27-23)29-15-17-14-18(4-5-19(17)25(29)32)34-22-3-1-2-20(22)28-11-8-26(9-12-28)10-13-33-16-26/h4-5,14,20-22H,1-3,6-13,15-16H2,(H,27,30,31)/p+1/t20-,21?,22+/m1/s1. The lowest BCUT2D eigenvalue weighted by atomic mass is 9.77. The first-order chi connectivity index (χ1) is 16.5. The van der Waals surface area contributed by atoms with E-state index in [4.69, 9.17) is 9.47 Å². The number of carbonyl (C=O) groups excluding carboxylic acids is 2. The average Bonchev–Trinajstić information content (AvgIpc) is 3.55. The van der Waals surface area contributed by atoms with Crippen LogP contribution in [0.25, 0.3) is 0 Å². The highest BCUT2D eigenvalue weighted by Crippen LogP contribution is 2.41. The van der Waals surface area contributed by atoms with Crippen molar-refractivity contribution in [2.24, 2.45) is 5.41 Å². The molecule has 34 heavy (non-hydrogen) atoms. The number of benzene rings is 1. The van der Waals surface area contributed by atoms with Gasteiger partial charge < -0.3 is 19.5 Å². The van der Waals surface area contributed by atoms with Crippen LogP contribution in [0.5, 0.6) is 5.75 Å². The van der Waals surface area contributed by atoms with Crippen molar-refractivity contribution in [1.29, 1.82) is 0 Å². The summed E-state index contributed by atoms with van der Waals surface area (Å²) in [6.07, 6.45) is 7.97. The lowest BCUT2D eigenvalue weighted by Crippen LogP contribution is -2.82. The van der Waals surface area contributed by atoms with Gasteiger partial charge in [-0.3, -0.25) is 9.69 Å². The number of hydrogen-bond donors (Lipinski definition) is 2. The maximum Gasteiger partial charge on any atom is 0.388 e. The molecule has 182 valence electrons. The zero-order chi connectivity index (χ0) is 23.3. The quantitative estimate of drug-likeness (QED) is 0.689. The summed E-state index contributed by atoms with van der Waals surface area (Å²) in [6.45, 7) is 4.51. The molecule has 1 spiro atoms. The minimum Gasteiger partial charge on any atom is -0.489 e. The molecular formula is C26H34N3O5+. The minimum atomic E-state index is -0.478. The van der Waals surface area contributed by atoms with Crippen LogP contribution in [0.3, 0.4) is 0 Å². The van der Waals surface area contributed by atoms with Gasteiger partial charge >= 0.3 is 11.8 Å². The first-order valence-electron chi connectivity index (χ1n) is 12.8. The molecule has 3 fully saturated rings. The predicted molar refractivity (Wildman–Crippen MR) is 124 cm³/mol. The molecule has 8 nitrogen and oxygen atoms in total. The zero-order valence-corrected chi connectivity index (χ0v) is 19.6. The van der Waals surface area contributed by atoms with E-state index in [2.05, 4.69) is 9.89 Å². The molecule has 2 amide bonds. The molecule has 4 aliphatic heterocycles. The third-order valence-corrected chi connectivity index (χ3v) is 8.73. The third kappa shape index (κ3) is 3.90. The molecular weight excluding hydrogens is 434 g/mol. The summed E-state index contributed by atoms with van der Waals surface area (Å²) in [6, 6.07) is 5.71. The Morgan fingerprint density at radius 2 is 1.97 bits per heavy atom. The molecule has 1 aromatic carbocycles. The van der Waals surface area contributed by atoms with E-state index in [1.807, 2.05) is 18.2 Å². The normalized spacial score (nSPS) is 31.2. The summed E-state index contributed by atoms with van der Waals surface area (Å²) in [7, 11) is 0. The molecule has 3 atom stereocenters. The van der Waals surface area contributed by atoms with Gasteiger partial charge in [0.15, 0.2) is 6.04 Å². The lowest BCUT2D eigenvalue weighted by Gasteiger charge is -2.42. The van der Waals surface area contributed by atoms with Gasteiger partial charge in [0.25, 0.3) is 5.91 Å². The maximum absolute atomic E-state index is 13.0. The number of ether oxygens (including phenoxy) is 2. The van der Waals surface area contributed by atoms with Gasteiger partial charge in [-0.15, -0.1) is 4.99 Å². The molecule has 6 rings (SSSR count). The number of aliphatic hydroxyl groups is 1. The molecule has 8 heteroatoms. The molecule has 1 saturated carbocycles. The number of hydrogen-bond acceptors (Lipinski definition) is 5. The Morgan fingerprint density at radius 1 is 1.12 bits per heavy atom. The van der Waals surface area contributed by atoms with E-state index in [1.165, 1.54) is 32.1 Å². The van der Waals surface area contributed by atoms with Gasteiger partial charge in [-0.1, -0.05) is 0 Å². The Kier molecular flexibility index (Phi) is 5.60. The smallest absolute Gasteiger partial charge is 0.388 e. The molecule has 2 saturated heterocycles. The maximum atomic E-state index is 13.0. The van der Waals surface area contributed by atoms with E-state index in [1.54, 1.807) is 4.90 Å². The molecule has 1 aromatic rings. The van der Waals surface area contributed by atoms with Gasteiger partial charge in [-0.2, -0.15) is 0 Å². The van der Waals surface area contributed by atoms with Gasteiger partial charge in [0.1, 0.15) is 11.9 Å². The summed E-state index contributed by atoms with van der Waals surface area (Å²) in [5.74, 6) is 0.370. The number of carbonyl (C=O) groups is 2.